The minimum Gasteiger partial charge on any atom is -0.508 e. The number of carboxylic acid groups (broad SMARTS) is 1. The number of phenols is 1. The molecule has 10 heteroatoms. The molecule has 0 saturated heterocycles. The number of carbonyl (C=O) groups is 1. The van der Waals surface area contributed by atoms with Crippen LogP contribution in [-0.2, 0) is 16.3 Å². The average molecular weight is 586 g/mol. The van der Waals surface area contributed by atoms with E-state index in [0.29, 0.717) is 37.1 Å². The fraction of sp³-hybridized carbons (Fsp3) is 0.136. The molecule has 0 aliphatic carbocycles. The Morgan fingerprint density at radius 2 is 1.78 bits per heavy atom. The lowest BCUT2D eigenvalue weighted by atomic mass is 10.0. The minimum absolute atomic E-state index is 0.0301. The number of rotatable bonds is 7. The standard InChI is InChI=1S/C22H16Br2FO6P/c1-22(29,32-30)13-9-16(23)20(17(24)10-13)31-14-3-5-19(26)12(8-14)6-11-2-4-18(25)15(7-11)21(27)28/h2-5,7-10,26,29H,6H2,1H3,(H,27,28). The molecule has 0 radical (unpaired) electrons. The zero-order valence-electron chi connectivity index (χ0n) is 16.5. The van der Waals surface area contributed by atoms with Crippen molar-refractivity contribution in [3.8, 4) is 17.2 Å². The van der Waals surface area contributed by atoms with E-state index in [1.54, 1.807) is 24.3 Å². The van der Waals surface area contributed by atoms with Crippen LogP contribution in [0.1, 0.15) is 34.0 Å². The molecule has 0 bridgehead atoms. The summed E-state index contributed by atoms with van der Waals surface area (Å²) in [5, 5.41) is 28.0. The summed E-state index contributed by atoms with van der Waals surface area (Å²) >= 11 is 6.76. The SMILES string of the molecule is CC(O)(P=O)c1cc(Br)c(Oc2ccc(O)c(Cc3ccc(F)c(C(=O)O)c3)c2)c(Br)c1. The first kappa shape index (κ1) is 24.3. The van der Waals surface area contributed by atoms with E-state index in [-0.39, 0.29) is 12.2 Å². The molecule has 32 heavy (non-hydrogen) atoms. The Morgan fingerprint density at radius 3 is 2.38 bits per heavy atom. The topological polar surface area (TPSA) is 104 Å². The lowest BCUT2D eigenvalue weighted by Crippen LogP contribution is -2.12. The molecular formula is C22H16Br2FO6P. The van der Waals surface area contributed by atoms with Gasteiger partial charge in [0.2, 0.25) is 0 Å². The molecule has 0 aliphatic rings. The number of carboxylic acids is 1. The van der Waals surface area contributed by atoms with E-state index in [2.05, 4.69) is 31.9 Å². The minimum atomic E-state index is -1.57. The Bertz CT molecular complexity index is 1190. The van der Waals surface area contributed by atoms with Gasteiger partial charge < -0.3 is 20.1 Å². The van der Waals surface area contributed by atoms with Crippen molar-refractivity contribution < 1.29 is 33.8 Å². The summed E-state index contributed by atoms with van der Waals surface area (Å²) in [4.78, 5) is 11.2. The van der Waals surface area contributed by atoms with E-state index in [1.807, 2.05) is 0 Å². The molecule has 3 aromatic rings. The summed E-state index contributed by atoms with van der Waals surface area (Å²) in [5.74, 6) is -1.48. The highest BCUT2D eigenvalue weighted by Gasteiger charge is 2.26. The van der Waals surface area contributed by atoms with E-state index in [4.69, 9.17) is 9.84 Å². The number of aromatic hydroxyl groups is 1. The first-order chi connectivity index (χ1) is 15.0. The molecular weight excluding hydrogens is 570 g/mol. The monoisotopic (exact) mass is 584 g/mol. The van der Waals surface area contributed by atoms with Gasteiger partial charge in [0.1, 0.15) is 17.3 Å². The van der Waals surface area contributed by atoms with Gasteiger partial charge in [0.05, 0.1) is 14.5 Å². The predicted octanol–water partition coefficient (Wildman–Crippen LogP) is 6.59. The summed E-state index contributed by atoms with van der Waals surface area (Å²) in [6.45, 7) is 1.41. The van der Waals surface area contributed by atoms with Crippen LogP contribution in [0.2, 0.25) is 0 Å². The second-order valence-electron chi connectivity index (χ2n) is 7.07. The molecule has 3 N–H and O–H groups in total. The maximum Gasteiger partial charge on any atom is 0.338 e. The molecule has 3 rings (SSSR count). The van der Waals surface area contributed by atoms with Gasteiger partial charge in [-0.1, -0.05) is 6.07 Å². The van der Waals surface area contributed by atoms with Gasteiger partial charge in [-0.2, -0.15) is 0 Å². The summed E-state index contributed by atoms with van der Waals surface area (Å²) in [7, 11) is -0.455. The van der Waals surface area contributed by atoms with E-state index in [1.165, 1.54) is 25.1 Å². The Labute approximate surface area is 201 Å². The molecule has 1 atom stereocenters. The molecule has 3 aromatic carbocycles. The lowest BCUT2D eigenvalue weighted by molar-refractivity contribution is 0.0691. The number of halogens is 3. The third-order valence-corrected chi connectivity index (χ3v) is 6.44. The van der Waals surface area contributed by atoms with Crippen molar-refractivity contribution in [2.45, 2.75) is 18.7 Å². The van der Waals surface area contributed by atoms with Crippen LogP contribution in [0.15, 0.2) is 57.5 Å². The van der Waals surface area contributed by atoms with Gasteiger partial charge in [0, 0.05) is 12.0 Å². The van der Waals surface area contributed by atoms with Gasteiger partial charge in [0.15, 0.2) is 19.6 Å². The van der Waals surface area contributed by atoms with Gasteiger partial charge in [-0.15, -0.1) is 0 Å². The first-order valence-corrected chi connectivity index (χ1v) is 11.5. The number of benzene rings is 3. The Kier molecular flexibility index (Phi) is 7.35. The molecule has 1 unspecified atom stereocenters. The summed E-state index contributed by atoms with van der Waals surface area (Å²) in [6, 6.07) is 11.5. The summed E-state index contributed by atoms with van der Waals surface area (Å²) < 4.78 is 31.8. The van der Waals surface area contributed by atoms with Gasteiger partial charge in [-0.25, -0.2) is 9.18 Å². The van der Waals surface area contributed by atoms with Crippen molar-refractivity contribution in [1.82, 2.24) is 0 Å². The highest BCUT2D eigenvalue weighted by atomic mass is 79.9. The first-order valence-electron chi connectivity index (χ1n) is 9.09. The number of ether oxygens (including phenoxy) is 1. The number of aromatic carboxylic acids is 1. The molecule has 166 valence electrons. The van der Waals surface area contributed by atoms with Crippen LogP contribution in [0.5, 0.6) is 17.2 Å². The number of hydrogen-bond acceptors (Lipinski definition) is 5. The van der Waals surface area contributed by atoms with Crippen LogP contribution in [0, 0.1) is 5.82 Å². The van der Waals surface area contributed by atoms with Crippen molar-refractivity contribution in [3.63, 3.8) is 0 Å². The largest absolute Gasteiger partial charge is 0.508 e. The van der Waals surface area contributed by atoms with Crippen LogP contribution in [0.4, 0.5) is 4.39 Å². The summed E-state index contributed by atoms with van der Waals surface area (Å²) in [5.41, 5.74) is 0.900. The molecule has 0 aliphatic heterocycles. The van der Waals surface area contributed by atoms with Crippen LogP contribution in [0.25, 0.3) is 0 Å². The molecule has 0 amide bonds. The van der Waals surface area contributed by atoms with Gasteiger partial charge in [-0.3, -0.25) is 4.57 Å². The Balaban J connectivity index is 1.91. The smallest absolute Gasteiger partial charge is 0.338 e. The fourth-order valence-corrected chi connectivity index (χ4v) is 4.52. The van der Waals surface area contributed by atoms with E-state index >= 15 is 0 Å². The third kappa shape index (κ3) is 5.35. The second-order valence-corrected chi connectivity index (χ2v) is 9.83. The lowest BCUT2D eigenvalue weighted by Gasteiger charge is -2.18. The highest BCUT2D eigenvalue weighted by molar-refractivity contribution is 9.11. The van der Waals surface area contributed by atoms with Crippen LogP contribution in [-0.4, -0.2) is 21.3 Å². The van der Waals surface area contributed by atoms with Crippen molar-refractivity contribution in [2.75, 3.05) is 0 Å². The van der Waals surface area contributed by atoms with Crippen LogP contribution >= 0.6 is 40.3 Å². The van der Waals surface area contributed by atoms with E-state index < -0.39 is 31.2 Å². The fourth-order valence-electron chi connectivity index (χ4n) is 2.93. The van der Waals surface area contributed by atoms with Gasteiger partial charge in [0.25, 0.3) is 0 Å². The highest BCUT2D eigenvalue weighted by Crippen LogP contribution is 2.43. The zero-order valence-corrected chi connectivity index (χ0v) is 20.5. The second kappa shape index (κ2) is 9.67. The number of phenolic OH excluding ortho intramolecular Hbond substituents is 1. The molecule has 0 spiro atoms. The van der Waals surface area contributed by atoms with Crippen LogP contribution in [0.3, 0.4) is 0 Å². The maximum atomic E-state index is 13.7. The molecule has 0 fully saturated rings. The quantitative estimate of drug-likeness (QED) is 0.270. The maximum absolute atomic E-state index is 13.7. The van der Waals surface area contributed by atoms with Gasteiger partial charge >= 0.3 is 5.97 Å². The third-order valence-electron chi connectivity index (χ3n) is 4.65. The average Bonchev–Trinajstić information content (AvgIpc) is 2.73. The van der Waals surface area contributed by atoms with Crippen molar-refractivity contribution in [3.05, 3.63) is 85.5 Å². The molecule has 6 nitrogen and oxygen atoms in total. The zero-order chi connectivity index (χ0) is 23.6. The molecule has 0 saturated carbocycles. The number of hydrogen-bond donors (Lipinski definition) is 3. The van der Waals surface area contributed by atoms with Crippen molar-refractivity contribution in [1.29, 1.82) is 0 Å². The molecule has 0 aromatic heterocycles. The van der Waals surface area contributed by atoms with Gasteiger partial charge in [-0.05, 0) is 92.4 Å². The number of aliphatic hydroxyl groups is 1. The van der Waals surface area contributed by atoms with Crippen LogP contribution < -0.4 is 4.74 Å². The predicted molar refractivity (Wildman–Crippen MR) is 123 cm³/mol. The Hall–Kier alpha value is -2.32. The van der Waals surface area contributed by atoms with Crippen molar-refractivity contribution >= 4 is 46.3 Å². The van der Waals surface area contributed by atoms with Crippen molar-refractivity contribution in [2.24, 2.45) is 0 Å². The molecule has 0 heterocycles. The normalized spacial score (nSPS) is 13.0. The van der Waals surface area contributed by atoms with E-state index in [9.17, 15) is 24.0 Å². The Morgan fingerprint density at radius 1 is 1.12 bits per heavy atom. The van der Waals surface area contributed by atoms with E-state index in [0.717, 1.165) is 6.07 Å². The summed E-state index contributed by atoms with van der Waals surface area (Å²) in [6.07, 6.45) is 0.149.